The lowest BCUT2D eigenvalue weighted by atomic mass is 9.80. The lowest BCUT2D eigenvalue weighted by Gasteiger charge is -2.29. The van der Waals surface area contributed by atoms with E-state index in [0.717, 1.165) is 51.2 Å². The fourth-order valence-corrected chi connectivity index (χ4v) is 3.24. The second-order valence-electron chi connectivity index (χ2n) is 7.27. The summed E-state index contributed by atoms with van der Waals surface area (Å²) in [4.78, 5) is 12.0. The van der Waals surface area contributed by atoms with E-state index in [0.29, 0.717) is 5.92 Å². The van der Waals surface area contributed by atoms with Gasteiger partial charge in [-0.05, 0) is 58.8 Å². The Balaban J connectivity index is 2.16. The molecule has 0 unspecified atom stereocenters. The Morgan fingerprint density at radius 3 is 2.18 bits per heavy atom. The number of rotatable bonds is 7. The van der Waals surface area contributed by atoms with Gasteiger partial charge in [0.25, 0.3) is 10.1 Å². The molecule has 0 spiro atoms. The zero-order valence-corrected chi connectivity index (χ0v) is 15.1. The first-order valence-electron chi connectivity index (χ1n) is 8.14. The van der Waals surface area contributed by atoms with E-state index in [-0.39, 0.29) is 18.5 Å². The first-order chi connectivity index (χ1) is 10.1. The monoisotopic (exact) mass is 334 g/mol. The highest BCUT2D eigenvalue weighted by atomic mass is 32.2. The Bertz CT molecular complexity index is 442. The molecule has 1 saturated carbocycles. The summed E-state index contributed by atoms with van der Waals surface area (Å²) in [7, 11) is -3.31. The van der Waals surface area contributed by atoms with Gasteiger partial charge in [0.1, 0.15) is 5.60 Å². The van der Waals surface area contributed by atoms with Crippen molar-refractivity contribution in [2.75, 3.05) is 12.9 Å². The molecule has 0 heterocycles. The molecule has 0 aromatic carbocycles. The fraction of sp³-hybridized carbons (Fsp3) is 0.938. The van der Waals surface area contributed by atoms with Crippen molar-refractivity contribution in [3.05, 3.63) is 0 Å². The maximum absolute atomic E-state index is 12.0. The molecule has 5 nitrogen and oxygen atoms in total. The van der Waals surface area contributed by atoms with Crippen LogP contribution < -0.4 is 0 Å². The van der Waals surface area contributed by atoms with Crippen LogP contribution in [0.2, 0.25) is 0 Å². The van der Waals surface area contributed by atoms with Crippen molar-refractivity contribution in [2.45, 2.75) is 71.3 Å². The molecule has 0 saturated heterocycles. The van der Waals surface area contributed by atoms with Gasteiger partial charge >= 0.3 is 5.97 Å². The molecule has 1 aliphatic rings. The van der Waals surface area contributed by atoms with Crippen LogP contribution in [-0.4, -0.2) is 32.9 Å². The molecule has 1 aliphatic carbocycles. The number of esters is 1. The van der Waals surface area contributed by atoms with E-state index in [1.54, 1.807) is 0 Å². The van der Waals surface area contributed by atoms with Gasteiger partial charge in [-0.25, -0.2) is 0 Å². The van der Waals surface area contributed by atoms with Gasteiger partial charge in [-0.1, -0.05) is 12.8 Å². The van der Waals surface area contributed by atoms with Crippen LogP contribution in [0.1, 0.15) is 65.7 Å². The molecule has 0 aromatic rings. The van der Waals surface area contributed by atoms with E-state index in [4.69, 9.17) is 8.92 Å². The second-order valence-corrected chi connectivity index (χ2v) is 8.92. The van der Waals surface area contributed by atoms with Crippen LogP contribution in [0.5, 0.6) is 0 Å². The average Bonchev–Trinajstić information content (AvgIpc) is 2.35. The lowest BCUT2D eigenvalue weighted by Crippen LogP contribution is -2.31. The van der Waals surface area contributed by atoms with E-state index in [1.165, 1.54) is 0 Å². The van der Waals surface area contributed by atoms with Gasteiger partial charge in [0.05, 0.1) is 18.8 Å². The van der Waals surface area contributed by atoms with Crippen LogP contribution in [0.3, 0.4) is 0 Å². The first-order valence-corrected chi connectivity index (χ1v) is 9.96. The Kier molecular flexibility index (Phi) is 7.32. The van der Waals surface area contributed by atoms with E-state index in [9.17, 15) is 13.2 Å². The molecule has 0 N–H and O–H groups in total. The minimum Gasteiger partial charge on any atom is -0.460 e. The molecular weight excluding hydrogens is 304 g/mol. The third-order valence-electron chi connectivity index (χ3n) is 3.89. The SMILES string of the molecule is CC(C)(C)OC(=O)C1CCC(CCCCOS(C)(=O)=O)CC1. The van der Waals surface area contributed by atoms with Gasteiger partial charge in [0.2, 0.25) is 0 Å². The van der Waals surface area contributed by atoms with Gasteiger partial charge < -0.3 is 4.74 Å². The van der Waals surface area contributed by atoms with Crippen LogP contribution in [0.4, 0.5) is 0 Å². The third-order valence-corrected chi connectivity index (χ3v) is 4.49. The average molecular weight is 334 g/mol. The van der Waals surface area contributed by atoms with Crippen molar-refractivity contribution in [3.63, 3.8) is 0 Å². The molecule has 0 aliphatic heterocycles. The predicted octanol–water partition coefficient (Wildman–Crippen LogP) is 3.28. The number of hydrogen-bond donors (Lipinski definition) is 0. The number of carbonyl (C=O) groups is 1. The maximum atomic E-state index is 12.0. The van der Waals surface area contributed by atoms with Crippen molar-refractivity contribution in [3.8, 4) is 0 Å². The molecule has 130 valence electrons. The third kappa shape index (κ3) is 8.73. The molecule has 1 fully saturated rings. The summed E-state index contributed by atoms with van der Waals surface area (Å²) in [5, 5.41) is 0. The highest BCUT2D eigenvalue weighted by Crippen LogP contribution is 2.33. The van der Waals surface area contributed by atoms with E-state index >= 15 is 0 Å². The van der Waals surface area contributed by atoms with Crippen LogP contribution in [-0.2, 0) is 23.8 Å². The molecule has 22 heavy (non-hydrogen) atoms. The highest BCUT2D eigenvalue weighted by Gasteiger charge is 2.29. The quantitative estimate of drug-likeness (QED) is 0.406. The summed E-state index contributed by atoms with van der Waals surface area (Å²) in [5.41, 5.74) is -0.409. The van der Waals surface area contributed by atoms with Crippen LogP contribution in [0.25, 0.3) is 0 Å². The summed E-state index contributed by atoms with van der Waals surface area (Å²) in [6.07, 6.45) is 7.79. The molecule has 0 atom stereocenters. The molecule has 0 amide bonds. The van der Waals surface area contributed by atoms with Gasteiger partial charge in [0, 0.05) is 0 Å². The van der Waals surface area contributed by atoms with Gasteiger partial charge in [-0.3, -0.25) is 8.98 Å². The molecule has 6 heteroatoms. The standard InChI is InChI=1S/C16H30O5S/c1-16(2,3)21-15(17)14-10-8-13(9-11-14)7-5-6-12-20-22(4,18)19/h13-14H,5-12H2,1-4H3. The minimum atomic E-state index is -3.31. The Labute approximate surface area is 134 Å². The number of ether oxygens (including phenoxy) is 1. The Morgan fingerprint density at radius 2 is 1.68 bits per heavy atom. The Morgan fingerprint density at radius 1 is 1.09 bits per heavy atom. The molecule has 0 bridgehead atoms. The van der Waals surface area contributed by atoms with Crippen molar-refractivity contribution >= 4 is 16.1 Å². The van der Waals surface area contributed by atoms with Crippen LogP contribution in [0, 0.1) is 11.8 Å². The molecule has 0 radical (unpaired) electrons. The smallest absolute Gasteiger partial charge is 0.309 e. The molecule has 1 rings (SSSR count). The summed E-state index contributed by atoms with van der Waals surface area (Å²) >= 11 is 0. The van der Waals surface area contributed by atoms with E-state index in [1.807, 2.05) is 20.8 Å². The minimum absolute atomic E-state index is 0.0454. The van der Waals surface area contributed by atoms with Crippen LogP contribution >= 0.6 is 0 Å². The normalized spacial score (nSPS) is 23.3. The van der Waals surface area contributed by atoms with Crippen LogP contribution in [0.15, 0.2) is 0 Å². The maximum Gasteiger partial charge on any atom is 0.309 e. The molecule has 0 aromatic heterocycles. The summed E-state index contributed by atoms with van der Waals surface area (Å²) in [6, 6.07) is 0. The largest absolute Gasteiger partial charge is 0.460 e. The second kappa shape index (κ2) is 8.29. The van der Waals surface area contributed by atoms with Crippen molar-refractivity contribution < 1.29 is 22.1 Å². The van der Waals surface area contributed by atoms with Gasteiger partial charge in [0.15, 0.2) is 0 Å². The zero-order valence-electron chi connectivity index (χ0n) is 14.3. The first kappa shape index (κ1) is 19.4. The molecular formula is C16H30O5S. The zero-order chi connectivity index (χ0) is 16.8. The van der Waals surface area contributed by atoms with Crippen molar-refractivity contribution in [1.29, 1.82) is 0 Å². The predicted molar refractivity (Wildman–Crippen MR) is 85.9 cm³/mol. The lowest BCUT2D eigenvalue weighted by molar-refractivity contribution is -0.161. The summed E-state index contributed by atoms with van der Waals surface area (Å²) < 4.78 is 31.8. The summed E-state index contributed by atoms with van der Waals surface area (Å²) in [5.74, 6) is 0.619. The number of unbranched alkanes of at least 4 members (excludes halogenated alkanes) is 1. The number of carbonyl (C=O) groups excluding carboxylic acids is 1. The highest BCUT2D eigenvalue weighted by molar-refractivity contribution is 7.85. The summed E-state index contributed by atoms with van der Waals surface area (Å²) in [6.45, 7) is 5.96. The van der Waals surface area contributed by atoms with Gasteiger partial charge in [-0.2, -0.15) is 8.42 Å². The van der Waals surface area contributed by atoms with Crippen molar-refractivity contribution in [1.82, 2.24) is 0 Å². The van der Waals surface area contributed by atoms with E-state index in [2.05, 4.69) is 0 Å². The Hall–Kier alpha value is -0.620. The van der Waals surface area contributed by atoms with E-state index < -0.39 is 15.7 Å². The fourth-order valence-electron chi connectivity index (χ4n) is 2.82. The number of hydrogen-bond acceptors (Lipinski definition) is 5. The van der Waals surface area contributed by atoms with Crippen molar-refractivity contribution in [2.24, 2.45) is 11.8 Å². The topological polar surface area (TPSA) is 69.7 Å². The van der Waals surface area contributed by atoms with Gasteiger partial charge in [-0.15, -0.1) is 0 Å².